The summed E-state index contributed by atoms with van der Waals surface area (Å²) in [7, 11) is 0. The average Bonchev–Trinajstić information content (AvgIpc) is 3.20. The number of thioether (sulfide) groups is 1. The van der Waals surface area contributed by atoms with E-state index in [-0.39, 0.29) is 5.49 Å². The molecule has 0 atom stereocenters. The Morgan fingerprint density at radius 1 is 1.00 bits per heavy atom. The van der Waals surface area contributed by atoms with Crippen LogP contribution in [0.1, 0.15) is 5.56 Å². The zero-order valence-corrected chi connectivity index (χ0v) is 17.5. The van der Waals surface area contributed by atoms with Gasteiger partial charge in [-0.3, -0.25) is 5.41 Å². The predicted octanol–water partition coefficient (Wildman–Crippen LogP) is 3.80. The van der Waals surface area contributed by atoms with Crippen LogP contribution in [0.4, 0.5) is 0 Å². The van der Waals surface area contributed by atoms with E-state index in [1.54, 1.807) is 18.1 Å². The molecule has 0 fully saturated rings. The fourth-order valence-corrected chi connectivity index (χ4v) is 3.59. The summed E-state index contributed by atoms with van der Waals surface area (Å²) in [6.07, 6.45) is 1.63. The third-order valence-electron chi connectivity index (χ3n) is 4.45. The van der Waals surface area contributed by atoms with Crippen molar-refractivity contribution < 1.29 is 9.47 Å². The molecule has 0 aliphatic carbocycles. The van der Waals surface area contributed by atoms with Crippen molar-refractivity contribution >= 4 is 22.9 Å². The smallest absolute Gasteiger partial charge is 0.173 e. The summed E-state index contributed by atoms with van der Waals surface area (Å²) in [5.74, 6) is 2.43. The lowest BCUT2D eigenvalue weighted by molar-refractivity contribution is 0.299. The monoisotopic (exact) mass is 421 g/mol. The minimum Gasteiger partial charge on any atom is -0.493 e. The van der Waals surface area contributed by atoms with Gasteiger partial charge in [-0.25, -0.2) is 9.97 Å². The van der Waals surface area contributed by atoms with Crippen LogP contribution in [0.5, 0.6) is 11.5 Å². The molecule has 4 aromatic rings. The molecule has 7 nitrogen and oxygen atoms in total. The van der Waals surface area contributed by atoms with E-state index in [1.807, 2.05) is 59.2 Å². The number of para-hydroxylation sites is 1. The highest BCUT2D eigenvalue weighted by Crippen LogP contribution is 2.18. The van der Waals surface area contributed by atoms with E-state index in [9.17, 15) is 0 Å². The molecule has 0 bridgehead atoms. The number of hydrogen-bond acceptors (Lipinski definition) is 6. The molecule has 2 heterocycles. The van der Waals surface area contributed by atoms with E-state index in [0.29, 0.717) is 30.9 Å². The lowest BCUT2D eigenvalue weighted by Gasteiger charge is -2.08. The summed E-state index contributed by atoms with van der Waals surface area (Å²) < 4.78 is 13.4. The number of rotatable bonds is 9. The van der Waals surface area contributed by atoms with Crippen molar-refractivity contribution in [1.82, 2.24) is 19.5 Å². The zero-order valence-electron chi connectivity index (χ0n) is 16.7. The number of aromatic amines is 1. The zero-order chi connectivity index (χ0) is 20.8. The summed E-state index contributed by atoms with van der Waals surface area (Å²) in [4.78, 5) is 12.0. The number of fused-ring (bicyclic) bond motifs is 1. The summed E-state index contributed by atoms with van der Waals surface area (Å²) in [6.45, 7) is 3.70. The van der Waals surface area contributed by atoms with Gasteiger partial charge >= 0.3 is 0 Å². The highest BCUT2D eigenvalue weighted by Gasteiger charge is 2.10. The van der Waals surface area contributed by atoms with Gasteiger partial charge in [0.25, 0.3) is 0 Å². The first-order chi connectivity index (χ1) is 14.7. The number of H-pyrrole nitrogens is 1. The Bertz CT molecular complexity index is 1160. The number of nitrogens with zero attached hydrogens (tertiary/aromatic N) is 3. The Morgan fingerprint density at radius 3 is 2.53 bits per heavy atom. The summed E-state index contributed by atoms with van der Waals surface area (Å²) in [5.41, 5.74) is 2.72. The van der Waals surface area contributed by atoms with Crippen LogP contribution in [-0.4, -0.2) is 38.5 Å². The van der Waals surface area contributed by atoms with Crippen molar-refractivity contribution in [3.63, 3.8) is 0 Å². The van der Waals surface area contributed by atoms with Gasteiger partial charge in [0.05, 0.1) is 19.5 Å². The number of nitrogens with one attached hydrogen (secondary N) is 2. The normalized spacial score (nSPS) is 11.0. The van der Waals surface area contributed by atoms with Crippen LogP contribution in [0.25, 0.3) is 11.2 Å². The van der Waals surface area contributed by atoms with Gasteiger partial charge in [0, 0.05) is 5.75 Å². The van der Waals surface area contributed by atoms with Gasteiger partial charge in [-0.05, 0) is 31.2 Å². The second kappa shape index (κ2) is 9.49. The molecule has 2 aromatic heterocycles. The average molecular weight is 422 g/mol. The van der Waals surface area contributed by atoms with E-state index >= 15 is 0 Å². The second-order valence-corrected chi connectivity index (χ2v) is 7.78. The topological polar surface area (TPSA) is 88.8 Å². The molecule has 4 rings (SSSR count). The molecule has 0 aliphatic rings. The fraction of sp³-hybridized carbons (Fsp3) is 0.227. The summed E-state index contributed by atoms with van der Waals surface area (Å²) in [6, 6.07) is 17.7. The molecule has 154 valence electrons. The van der Waals surface area contributed by atoms with E-state index in [2.05, 4.69) is 21.9 Å². The van der Waals surface area contributed by atoms with Gasteiger partial charge in [-0.1, -0.05) is 47.7 Å². The van der Waals surface area contributed by atoms with Crippen LogP contribution in [0.3, 0.4) is 0 Å². The quantitative estimate of drug-likeness (QED) is 0.317. The number of hydrogen-bond donors (Lipinski definition) is 2. The lowest BCUT2D eigenvalue weighted by atomic mass is 10.2. The number of aryl methyl sites for hydroxylation is 1. The van der Waals surface area contributed by atoms with Gasteiger partial charge in [0.2, 0.25) is 0 Å². The molecule has 0 unspecified atom stereocenters. The van der Waals surface area contributed by atoms with Crippen molar-refractivity contribution in [3.8, 4) is 11.5 Å². The van der Waals surface area contributed by atoms with Gasteiger partial charge < -0.3 is 19.0 Å². The molecule has 0 amide bonds. The minimum absolute atomic E-state index is 0.181. The van der Waals surface area contributed by atoms with Crippen LogP contribution >= 0.6 is 11.8 Å². The maximum absolute atomic E-state index is 8.07. The van der Waals surface area contributed by atoms with E-state index in [0.717, 1.165) is 22.4 Å². The van der Waals surface area contributed by atoms with Crippen LogP contribution in [0.2, 0.25) is 0 Å². The van der Waals surface area contributed by atoms with Crippen LogP contribution < -0.4 is 15.0 Å². The SMILES string of the molecule is Cc1ccc(OCCSc2nc3c([nH]2)c(=N)ncn3CCOc2ccccc2)cc1. The van der Waals surface area contributed by atoms with E-state index < -0.39 is 0 Å². The first kappa shape index (κ1) is 20.0. The maximum atomic E-state index is 8.07. The Balaban J connectivity index is 1.36. The van der Waals surface area contributed by atoms with E-state index in [4.69, 9.17) is 14.9 Å². The molecule has 2 N–H and O–H groups in total. The number of imidazole rings is 1. The van der Waals surface area contributed by atoms with Crippen molar-refractivity contribution in [2.45, 2.75) is 18.6 Å². The Hall–Kier alpha value is -3.26. The van der Waals surface area contributed by atoms with Gasteiger partial charge in [-0.2, -0.15) is 0 Å². The Labute approximate surface area is 178 Å². The van der Waals surface area contributed by atoms with Crippen molar-refractivity contribution in [1.29, 1.82) is 5.41 Å². The van der Waals surface area contributed by atoms with Crippen LogP contribution in [0, 0.1) is 12.3 Å². The molecular formula is C22H23N5O2S. The highest BCUT2D eigenvalue weighted by atomic mass is 32.2. The molecule has 0 saturated heterocycles. The first-order valence-electron chi connectivity index (χ1n) is 9.69. The number of benzene rings is 2. The molecule has 8 heteroatoms. The van der Waals surface area contributed by atoms with Gasteiger partial charge in [-0.15, -0.1) is 0 Å². The molecular weight excluding hydrogens is 398 g/mol. The predicted molar refractivity (Wildman–Crippen MR) is 117 cm³/mol. The largest absolute Gasteiger partial charge is 0.493 e. The molecule has 2 aromatic carbocycles. The number of ether oxygens (including phenoxy) is 2. The summed E-state index contributed by atoms with van der Waals surface area (Å²) in [5, 5.41) is 8.81. The lowest BCUT2D eigenvalue weighted by Crippen LogP contribution is -2.15. The van der Waals surface area contributed by atoms with Gasteiger partial charge in [0.1, 0.15) is 23.6 Å². The molecule has 0 saturated carbocycles. The fourth-order valence-electron chi connectivity index (χ4n) is 2.91. The Kier molecular flexibility index (Phi) is 6.34. The van der Waals surface area contributed by atoms with Crippen molar-refractivity contribution in [3.05, 3.63) is 72.0 Å². The second-order valence-electron chi connectivity index (χ2n) is 6.70. The maximum Gasteiger partial charge on any atom is 0.173 e. The van der Waals surface area contributed by atoms with Crippen LogP contribution in [-0.2, 0) is 6.54 Å². The molecule has 0 aliphatic heterocycles. The third kappa shape index (κ3) is 5.01. The molecule has 30 heavy (non-hydrogen) atoms. The standard InChI is InChI=1S/C22H23N5O2S/c1-16-7-9-18(10-8-16)29-13-14-30-22-25-19-20(23)24-15-27(21(19)26-22)11-12-28-17-5-3-2-4-6-17/h2-10,15,23H,11-14H2,1H3,(H,25,26). The Morgan fingerprint density at radius 2 is 1.73 bits per heavy atom. The van der Waals surface area contributed by atoms with Gasteiger partial charge in [0.15, 0.2) is 16.3 Å². The first-order valence-corrected chi connectivity index (χ1v) is 10.7. The summed E-state index contributed by atoms with van der Waals surface area (Å²) >= 11 is 1.56. The highest BCUT2D eigenvalue weighted by molar-refractivity contribution is 7.99. The van der Waals surface area contributed by atoms with Crippen molar-refractivity contribution in [2.75, 3.05) is 19.0 Å². The molecule has 0 radical (unpaired) electrons. The van der Waals surface area contributed by atoms with Crippen LogP contribution in [0.15, 0.2) is 66.1 Å². The number of aromatic nitrogens is 4. The molecule has 0 spiro atoms. The van der Waals surface area contributed by atoms with Crippen molar-refractivity contribution in [2.24, 2.45) is 0 Å². The third-order valence-corrected chi connectivity index (χ3v) is 5.29. The van der Waals surface area contributed by atoms with E-state index in [1.165, 1.54) is 5.56 Å². The minimum atomic E-state index is 0.181.